The second-order valence-corrected chi connectivity index (χ2v) is 4.58. The molecule has 1 fully saturated rings. The van der Waals surface area contributed by atoms with Gasteiger partial charge in [-0.15, -0.1) is 0 Å². The van der Waals surface area contributed by atoms with Crippen molar-refractivity contribution in [1.82, 2.24) is 9.80 Å². The summed E-state index contributed by atoms with van der Waals surface area (Å²) in [4.78, 5) is 4.80. The predicted molar refractivity (Wildman–Crippen MR) is 58.0 cm³/mol. The molecule has 1 aliphatic rings. The first-order valence-corrected chi connectivity index (χ1v) is 5.39. The SMILES string of the molecule is CC(C)N1CC(C)N(C)C(CC#N)C1. The van der Waals surface area contributed by atoms with Gasteiger partial charge in [0.25, 0.3) is 0 Å². The first-order chi connectivity index (χ1) is 6.56. The first kappa shape index (κ1) is 11.5. The average Bonchev–Trinajstić information content (AvgIpc) is 2.12. The topological polar surface area (TPSA) is 30.3 Å². The highest BCUT2D eigenvalue weighted by Gasteiger charge is 2.29. The van der Waals surface area contributed by atoms with E-state index in [0.29, 0.717) is 24.5 Å². The molecular formula is C11H21N3. The van der Waals surface area contributed by atoms with Crippen molar-refractivity contribution in [1.29, 1.82) is 5.26 Å². The van der Waals surface area contributed by atoms with Crippen LogP contribution in [0, 0.1) is 11.3 Å². The summed E-state index contributed by atoms with van der Waals surface area (Å²) >= 11 is 0. The lowest BCUT2D eigenvalue weighted by atomic mass is 10.0. The Labute approximate surface area is 87.3 Å². The molecule has 0 radical (unpaired) electrons. The number of nitriles is 1. The molecule has 1 saturated heterocycles. The quantitative estimate of drug-likeness (QED) is 0.665. The van der Waals surface area contributed by atoms with Crippen LogP contribution in [0.1, 0.15) is 27.2 Å². The maximum atomic E-state index is 8.75. The van der Waals surface area contributed by atoms with Crippen LogP contribution in [-0.2, 0) is 0 Å². The van der Waals surface area contributed by atoms with E-state index in [4.69, 9.17) is 5.26 Å². The largest absolute Gasteiger partial charge is 0.298 e. The fourth-order valence-electron chi connectivity index (χ4n) is 2.04. The van der Waals surface area contributed by atoms with E-state index >= 15 is 0 Å². The third-order valence-electron chi connectivity index (χ3n) is 3.27. The standard InChI is InChI=1S/C11H21N3/c1-9(2)14-7-10(3)13(4)11(8-14)5-6-12/h9-11H,5,7-8H2,1-4H3. The second kappa shape index (κ2) is 4.77. The molecule has 0 N–H and O–H groups in total. The number of likely N-dealkylation sites (N-methyl/N-ethyl adjacent to an activating group) is 1. The summed E-state index contributed by atoms with van der Waals surface area (Å²) in [7, 11) is 2.13. The van der Waals surface area contributed by atoms with Gasteiger partial charge in [-0.2, -0.15) is 5.26 Å². The lowest BCUT2D eigenvalue weighted by molar-refractivity contribution is 0.0366. The molecule has 1 heterocycles. The summed E-state index contributed by atoms with van der Waals surface area (Å²) in [6.45, 7) is 8.84. The number of nitrogens with zero attached hydrogens (tertiary/aromatic N) is 3. The highest BCUT2D eigenvalue weighted by atomic mass is 15.3. The van der Waals surface area contributed by atoms with E-state index in [0.717, 1.165) is 13.1 Å². The van der Waals surface area contributed by atoms with Gasteiger partial charge in [0.1, 0.15) is 0 Å². The van der Waals surface area contributed by atoms with E-state index in [1.807, 2.05) is 0 Å². The van der Waals surface area contributed by atoms with Gasteiger partial charge in [-0.1, -0.05) is 0 Å². The molecule has 1 aliphatic heterocycles. The summed E-state index contributed by atoms with van der Waals surface area (Å²) in [6, 6.07) is 3.84. The van der Waals surface area contributed by atoms with Crippen LogP contribution >= 0.6 is 0 Å². The molecule has 0 aliphatic carbocycles. The Kier molecular flexibility index (Phi) is 3.91. The summed E-state index contributed by atoms with van der Waals surface area (Å²) < 4.78 is 0. The van der Waals surface area contributed by atoms with Gasteiger partial charge in [0, 0.05) is 31.2 Å². The monoisotopic (exact) mass is 195 g/mol. The van der Waals surface area contributed by atoms with Gasteiger partial charge in [0.2, 0.25) is 0 Å². The highest BCUT2D eigenvalue weighted by molar-refractivity contribution is 4.91. The number of piperazine rings is 1. The van der Waals surface area contributed by atoms with Crippen molar-refractivity contribution in [3.05, 3.63) is 0 Å². The highest BCUT2D eigenvalue weighted by Crippen LogP contribution is 2.17. The van der Waals surface area contributed by atoms with Crippen molar-refractivity contribution in [3.8, 4) is 6.07 Å². The lowest BCUT2D eigenvalue weighted by Crippen LogP contribution is -2.57. The fraction of sp³-hybridized carbons (Fsp3) is 0.909. The minimum absolute atomic E-state index is 0.408. The van der Waals surface area contributed by atoms with Crippen LogP contribution in [0.15, 0.2) is 0 Å². The normalized spacial score (nSPS) is 30.6. The van der Waals surface area contributed by atoms with Crippen molar-refractivity contribution in [2.45, 2.75) is 45.3 Å². The maximum Gasteiger partial charge on any atom is 0.0638 e. The fourth-order valence-corrected chi connectivity index (χ4v) is 2.04. The minimum Gasteiger partial charge on any atom is -0.298 e. The Balaban J connectivity index is 2.62. The number of rotatable bonds is 2. The smallest absolute Gasteiger partial charge is 0.0638 e. The molecule has 0 aromatic carbocycles. The van der Waals surface area contributed by atoms with E-state index in [9.17, 15) is 0 Å². The van der Waals surface area contributed by atoms with Gasteiger partial charge in [-0.05, 0) is 27.8 Å². The maximum absolute atomic E-state index is 8.75. The van der Waals surface area contributed by atoms with E-state index < -0.39 is 0 Å². The molecule has 2 atom stereocenters. The number of hydrogen-bond acceptors (Lipinski definition) is 3. The summed E-state index contributed by atoms with van der Waals surface area (Å²) in [5, 5.41) is 8.75. The molecule has 0 amide bonds. The van der Waals surface area contributed by atoms with Crippen LogP contribution in [0.4, 0.5) is 0 Å². The van der Waals surface area contributed by atoms with Gasteiger partial charge in [-0.3, -0.25) is 9.80 Å². The van der Waals surface area contributed by atoms with Crippen LogP contribution in [0.2, 0.25) is 0 Å². The van der Waals surface area contributed by atoms with Crippen LogP contribution in [0.3, 0.4) is 0 Å². The zero-order chi connectivity index (χ0) is 10.7. The molecular weight excluding hydrogens is 174 g/mol. The predicted octanol–water partition coefficient (Wildman–Crippen LogP) is 1.31. The van der Waals surface area contributed by atoms with Crippen LogP contribution < -0.4 is 0 Å². The van der Waals surface area contributed by atoms with Crippen molar-refractivity contribution in [2.24, 2.45) is 0 Å². The van der Waals surface area contributed by atoms with Crippen LogP contribution in [0.25, 0.3) is 0 Å². The van der Waals surface area contributed by atoms with Gasteiger partial charge in [0.05, 0.1) is 12.5 Å². The van der Waals surface area contributed by atoms with Crippen molar-refractivity contribution < 1.29 is 0 Å². The Morgan fingerprint density at radius 2 is 2.07 bits per heavy atom. The van der Waals surface area contributed by atoms with Crippen molar-refractivity contribution in [3.63, 3.8) is 0 Å². The van der Waals surface area contributed by atoms with E-state index in [1.165, 1.54) is 0 Å². The molecule has 0 spiro atoms. The van der Waals surface area contributed by atoms with E-state index in [-0.39, 0.29) is 0 Å². The van der Waals surface area contributed by atoms with Crippen LogP contribution in [-0.4, -0.2) is 48.1 Å². The Hall–Kier alpha value is -0.590. The van der Waals surface area contributed by atoms with E-state index in [2.05, 4.69) is 43.7 Å². The van der Waals surface area contributed by atoms with E-state index in [1.54, 1.807) is 0 Å². The van der Waals surface area contributed by atoms with Crippen molar-refractivity contribution in [2.75, 3.05) is 20.1 Å². The number of hydrogen-bond donors (Lipinski definition) is 0. The van der Waals surface area contributed by atoms with Crippen LogP contribution in [0.5, 0.6) is 0 Å². The molecule has 3 heteroatoms. The zero-order valence-electron chi connectivity index (χ0n) is 9.70. The molecule has 0 bridgehead atoms. The van der Waals surface area contributed by atoms with Gasteiger partial charge < -0.3 is 0 Å². The molecule has 0 saturated carbocycles. The third-order valence-corrected chi connectivity index (χ3v) is 3.27. The molecule has 3 nitrogen and oxygen atoms in total. The molecule has 80 valence electrons. The minimum atomic E-state index is 0.408. The third kappa shape index (κ3) is 2.46. The first-order valence-electron chi connectivity index (χ1n) is 5.39. The molecule has 0 aromatic rings. The summed E-state index contributed by atoms with van der Waals surface area (Å²) in [6.07, 6.45) is 0.643. The van der Waals surface area contributed by atoms with Gasteiger partial charge in [0.15, 0.2) is 0 Å². The van der Waals surface area contributed by atoms with Gasteiger partial charge in [-0.25, -0.2) is 0 Å². The molecule has 2 unspecified atom stereocenters. The Morgan fingerprint density at radius 3 is 2.57 bits per heavy atom. The second-order valence-electron chi connectivity index (χ2n) is 4.58. The molecule has 14 heavy (non-hydrogen) atoms. The Morgan fingerprint density at radius 1 is 1.43 bits per heavy atom. The molecule has 1 rings (SSSR count). The lowest BCUT2D eigenvalue weighted by Gasteiger charge is -2.44. The molecule has 0 aromatic heterocycles. The summed E-state index contributed by atoms with van der Waals surface area (Å²) in [5.74, 6) is 0. The van der Waals surface area contributed by atoms with Gasteiger partial charge >= 0.3 is 0 Å². The summed E-state index contributed by atoms with van der Waals surface area (Å²) in [5.41, 5.74) is 0. The van der Waals surface area contributed by atoms with Crippen molar-refractivity contribution >= 4 is 0 Å². The zero-order valence-corrected chi connectivity index (χ0v) is 9.70. The average molecular weight is 195 g/mol. The Bertz CT molecular complexity index is 219.